The molecule has 1 aromatic rings. The number of nitro benzene ring substituents is 1. The number of hydrogen-bond acceptors (Lipinski definition) is 5. The topological polar surface area (TPSA) is 73.6 Å². The molecule has 19 heavy (non-hydrogen) atoms. The minimum Gasteiger partial charge on any atom is -0.382 e. The molecule has 0 aliphatic carbocycles. The van der Waals surface area contributed by atoms with Crippen LogP contribution in [0.25, 0.3) is 0 Å². The molecule has 0 amide bonds. The number of hydrogen-bond donors (Lipinski definition) is 1. The highest BCUT2D eigenvalue weighted by Gasteiger charge is 2.18. The summed E-state index contributed by atoms with van der Waals surface area (Å²) in [6.07, 6.45) is 2.26. The summed E-state index contributed by atoms with van der Waals surface area (Å²) in [5, 5.41) is 13.8. The maximum absolute atomic E-state index is 10.9. The predicted molar refractivity (Wildman–Crippen MR) is 71.3 cm³/mol. The van der Waals surface area contributed by atoms with Crippen LogP contribution in [-0.2, 0) is 16.1 Å². The van der Waals surface area contributed by atoms with Crippen LogP contribution in [0.5, 0.6) is 0 Å². The Bertz CT molecular complexity index is 444. The molecule has 1 N–H and O–H groups in total. The molecule has 0 bridgehead atoms. The molecule has 1 aromatic carbocycles. The summed E-state index contributed by atoms with van der Waals surface area (Å²) in [4.78, 5) is 10.5. The van der Waals surface area contributed by atoms with Gasteiger partial charge in [0.25, 0.3) is 5.69 Å². The molecule has 1 aliphatic heterocycles. The van der Waals surface area contributed by atoms with Crippen LogP contribution in [0.15, 0.2) is 18.2 Å². The standard InChI is InChI=1S/C13H18N2O4/c1-14-13-10(4-2-6-12(13)15(16)17)8-18-9-11-5-3-7-19-11/h2,4,6,11,14H,3,5,7-9H2,1H3. The second-order valence-electron chi connectivity index (χ2n) is 4.47. The molecule has 0 saturated carbocycles. The fourth-order valence-electron chi connectivity index (χ4n) is 2.22. The zero-order chi connectivity index (χ0) is 13.7. The summed E-state index contributed by atoms with van der Waals surface area (Å²) in [5.41, 5.74) is 1.37. The van der Waals surface area contributed by atoms with E-state index in [0.717, 1.165) is 25.0 Å². The number of rotatable bonds is 6. The van der Waals surface area contributed by atoms with Crippen molar-refractivity contribution in [1.29, 1.82) is 0 Å². The Morgan fingerprint density at radius 2 is 2.42 bits per heavy atom. The second-order valence-corrected chi connectivity index (χ2v) is 4.47. The van der Waals surface area contributed by atoms with Gasteiger partial charge < -0.3 is 14.8 Å². The highest BCUT2D eigenvalue weighted by atomic mass is 16.6. The zero-order valence-electron chi connectivity index (χ0n) is 10.9. The highest BCUT2D eigenvalue weighted by molar-refractivity contribution is 5.65. The van der Waals surface area contributed by atoms with Crippen LogP contribution < -0.4 is 5.32 Å². The lowest BCUT2D eigenvalue weighted by atomic mass is 10.1. The van der Waals surface area contributed by atoms with Gasteiger partial charge in [0, 0.05) is 25.3 Å². The lowest BCUT2D eigenvalue weighted by Crippen LogP contribution is -2.14. The van der Waals surface area contributed by atoms with Gasteiger partial charge in [-0.25, -0.2) is 0 Å². The first-order chi connectivity index (χ1) is 9.22. The van der Waals surface area contributed by atoms with Gasteiger partial charge in [-0.3, -0.25) is 10.1 Å². The quantitative estimate of drug-likeness (QED) is 0.632. The Morgan fingerprint density at radius 3 is 3.05 bits per heavy atom. The van der Waals surface area contributed by atoms with E-state index in [0.29, 0.717) is 18.9 Å². The largest absolute Gasteiger partial charge is 0.382 e. The Morgan fingerprint density at radius 1 is 1.58 bits per heavy atom. The van der Waals surface area contributed by atoms with Crippen LogP contribution in [0.3, 0.4) is 0 Å². The number of nitrogens with zero attached hydrogens (tertiary/aromatic N) is 1. The van der Waals surface area contributed by atoms with E-state index in [1.165, 1.54) is 6.07 Å². The molecule has 0 aromatic heterocycles. The Labute approximate surface area is 111 Å². The average Bonchev–Trinajstić information content (AvgIpc) is 2.91. The molecule has 1 atom stereocenters. The second kappa shape index (κ2) is 6.49. The number of para-hydroxylation sites is 1. The highest BCUT2D eigenvalue weighted by Crippen LogP contribution is 2.28. The first kappa shape index (κ1) is 13.8. The van der Waals surface area contributed by atoms with Crippen molar-refractivity contribution in [2.75, 3.05) is 25.6 Å². The minimum absolute atomic E-state index is 0.0701. The van der Waals surface area contributed by atoms with Crippen LogP contribution in [-0.4, -0.2) is 31.3 Å². The van der Waals surface area contributed by atoms with Crippen molar-refractivity contribution in [2.24, 2.45) is 0 Å². The van der Waals surface area contributed by atoms with Crippen molar-refractivity contribution in [1.82, 2.24) is 0 Å². The molecule has 6 heteroatoms. The van der Waals surface area contributed by atoms with Crippen LogP contribution in [0.2, 0.25) is 0 Å². The molecule has 6 nitrogen and oxygen atoms in total. The van der Waals surface area contributed by atoms with Gasteiger partial charge >= 0.3 is 0 Å². The number of nitrogens with one attached hydrogen (secondary N) is 1. The summed E-state index contributed by atoms with van der Waals surface area (Å²) in [6, 6.07) is 4.98. The fourth-order valence-corrected chi connectivity index (χ4v) is 2.22. The summed E-state index contributed by atoms with van der Waals surface area (Å²) in [7, 11) is 1.67. The van der Waals surface area contributed by atoms with Gasteiger partial charge in [-0.05, 0) is 12.8 Å². The van der Waals surface area contributed by atoms with Gasteiger partial charge in [0.15, 0.2) is 0 Å². The monoisotopic (exact) mass is 266 g/mol. The van der Waals surface area contributed by atoms with Crippen molar-refractivity contribution >= 4 is 11.4 Å². The van der Waals surface area contributed by atoms with E-state index in [4.69, 9.17) is 9.47 Å². The molecule has 1 heterocycles. The SMILES string of the molecule is CNc1c(COCC2CCCO2)cccc1[N+](=O)[O-]. The third-order valence-electron chi connectivity index (χ3n) is 3.16. The Balaban J connectivity index is 1.98. The molecule has 1 aliphatic rings. The van der Waals surface area contributed by atoms with E-state index in [9.17, 15) is 10.1 Å². The maximum Gasteiger partial charge on any atom is 0.292 e. The van der Waals surface area contributed by atoms with Gasteiger partial charge in [-0.1, -0.05) is 12.1 Å². The van der Waals surface area contributed by atoms with Crippen LogP contribution in [0.1, 0.15) is 18.4 Å². The number of nitro groups is 1. The first-order valence-corrected chi connectivity index (χ1v) is 6.35. The third kappa shape index (κ3) is 3.42. The summed E-state index contributed by atoms with van der Waals surface area (Å²) in [5.74, 6) is 0. The Hall–Kier alpha value is -1.66. The fraction of sp³-hybridized carbons (Fsp3) is 0.538. The van der Waals surface area contributed by atoms with Crippen molar-refractivity contribution in [3.05, 3.63) is 33.9 Å². The summed E-state index contributed by atoms with van der Waals surface area (Å²) < 4.78 is 11.1. The number of anilines is 1. The lowest BCUT2D eigenvalue weighted by molar-refractivity contribution is -0.384. The first-order valence-electron chi connectivity index (χ1n) is 6.35. The van der Waals surface area contributed by atoms with Gasteiger partial charge in [-0.15, -0.1) is 0 Å². The molecular weight excluding hydrogens is 248 g/mol. The zero-order valence-corrected chi connectivity index (χ0v) is 10.9. The molecular formula is C13H18N2O4. The van der Waals surface area contributed by atoms with Gasteiger partial charge in [-0.2, -0.15) is 0 Å². The molecule has 0 radical (unpaired) electrons. The Kier molecular flexibility index (Phi) is 4.70. The molecule has 1 saturated heterocycles. The van der Waals surface area contributed by atoms with Crippen LogP contribution >= 0.6 is 0 Å². The molecule has 104 valence electrons. The van der Waals surface area contributed by atoms with E-state index in [1.807, 2.05) is 6.07 Å². The van der Waals surface area contributed by atoms with Crippen molar-refractivity contribution in [3.8, 4) is 0 Å². The smallest absolute Gasteiger partial charge is 0.292 e. The van der Waals surface area contributed by atoms with Crippen molar-refractivity contribution in [2.45, 2.75) is 25.6 Å². The van der Waals surface area contributed by atoms with E-state index >= 15 is 0 Å². The molecule has 1 unspecified atom stereocenters. The number of ether oxygens (including phenoxy) is 2. The lowest BCUT2D eigenvalue weighted by Gasteiger charge is -2.12. The van der Waals surface area contributed by atoms with Crippen LogP contribution in [0, 0.1) is 10.1 Å². The van der Waals surface area contributed by atoms with Gasteiger partial charge in [0.2, 0.25) is 0 Å². The normalized spacial score (nSPS) is 18.5. The molecule has 0 spiro atoms. The maximum atomic E-state index is 10.9. The third-order valence-corrected chi connectivity index (χ3v) is 3.16. The van der Waals surface area contributed by atoms with Crippen molar-refractivity contribution in [3.63, 3.8) is 0 Å². The van der Waals surface area contributed by atoms with E-state index in [2.05, 4.69) is 5.32 Å². The summed E-state index contributed by atoms with van der Waals surface area (Å²) >= 11 is 0. The molecule has 1 fully saturated rings. The van der Waals surface area contributed by atoms with E-state index in [-0.39, 0.29) is 11.8 Å². The van der Waals surface area contributed by atoms with Crippen LogP contribution in [0.4, 0.5) is 11.4 Å². The van der Waals surface area contributed by atoms with Crippen molar-refractivity contribution < 1.29 is 14.4 Å². The minimum atomic E-state index is -0.393. The van der Waals surface area contributed by atoms with Gasteiger partial charge in [0.1, 0.15) is 5.69 Å². The van der Waals surface area contributed by atoms with E-state index < -0.39 is 4.92 Å². The van der Waals surface area contributed by atoms with Gasteiger partial charge in [0.05, 0.1) is 24.2 Å². The summed E-state index contributed by atoms with van der Waals surface area (Å²) in [6.45, 7) is 1.68. The molecule has 2 rings (SSSR count). The number of benzene rings is 1. The van der Waals surface area contributed by atoms with E-state index in [1.54, 1.807) is 13.1 Å². The average molecular weight is 266 g/mol. The predicted octanol–water partition coefficient (Wildman–Crippen LogP) is 2.33.